The van der Waals surface area contributed by atoms with Crippen LogP contribution in [0.2, 0.25) is 0 Å². The van der Waals surface area contributed by atoms with Gasteiger partial charge in [-0.3, -0.25) is 4.79 Å². The molecule has 1 N–H and O–H groups in total. The third-order valence-corrected chi connectivity index (χ3v) is 4.28. The molecule has 23 heavy (non-hydrogen) atoms. The molecule has 1 aliphatic rings. The Morgan fingerprint density at radius 2 is 2.13 bits per heavy atom. The Labute approximate surface area is 133 Å². The average Bonchev–Trinajstić information content (AvgIpc) is 3.11. The Morgan fingerprint density at radius 1 is 1.39 bits per heavy atom. The Balaban J connectivity index is 2.01. The van der Waals surface area contributed by atoms with E-state index in [1.807, 2.05) is 18.5 Å². The normalized spacial score (nSPS) is 18.1. The highest BCUT2D eigenvalue weighted by Crippen LogP contribution is 2.24. The summed E-state index contributed by atoms with van der Waals surface area (Å²) in [7, 11) is 0. The Morgan fingerprint density at radius 3 is 2.78 bits per heavy atom. The van der Waals surface area contributed by atoms with Crippen molar-refractivity contribution < 1.29 is 14.7 Å². The number of rotatable bonds is 3. The lowest BCUT2D eigenvalue weighted by atomic mass is 10.1. The summed E-state index contributed by atoms with van der Waals surface area (Å²) in [6.45, 7) is 6.28. The molecule has 2 aromatic rings. The van der Waals surface area contributed by atoms with Gasteiger partial charge in [0.15, 0.2) is 5.65 Å². The summed E-state index contributed by atoms with van der Waals surface area (Å²) in [6, 6.07) is 1.20. The van der Waals surface area contributed by atoms with Crippen LogP contribution in [0.3, 0.4) is 0 Å². The lowest BCUT2D eigenvalue weighted by molar-refractivity contribution is -0.141. The van der Waals surface area contributed by atoms with Gasteiger partial charge in [0, 0.05) is 18.0 Å². The summed E-state index contributed by atoms with van der Waals surface area (Å²) in [4.78, 5) is 30.0. The summed E-state index contributed by atoms with van der Waals surface area (Å²) in [5, 5.41) is 14.4. The van der Waals surface area contributed by atoms with E-state index in [0.717, 1.165) is 11.0 Å². The van der Waals surface area contributed by atoms with Crippen LogP contribution in [-0.2, 0) is 4.79 Å². The first kappa shape index (κ1) is 15.5. The van der Waals surface area contributed by atoms with Gasteiger partial charge in [0.1, 0.15) is 6.04 Å². The van der Waals surface area contributed by atoms with E-state index in [2.05, 4.69) is 10.1 Å². The van der Waals surface area contributed by atoms with Crippen molar-refractivity contribution in [1.29, 1.82) is 0 Å². The van der Waals surface area contributed by atoms with Gasteiger partial charge in [0.05, 0.1) is 17.5 Å². The van der Waals surface area contributed by atoms with Crippen LogP contribution in [0.4, 0.5) is 0 Å². The van der Waals surface area contributed by atoms with E-state index < -0.39 is 12.0 Å². The molecule has 3 rings (SSSR count). The molecule has 1 atom stereocenters. The Hall–Kier alpha value is -2.44. The van der Waals surface area contributed by atoms with E-state index >= 15 is 0 Å². The van der Waals surface area contributed by atoms with Crippen molar-refractivity contribution in [1.82, 2.24) is 19.7 Å². The maximum atomic E-state index is 12.8. The molecule has 0 unspecified atom stereocenters. The number of hydrogen-bond donors (Lipinski definition) is 1. The molecule has 0 radical (unpaired) electrons. The number of pyridine rings is 1. The average molecular weight is 316 g/mol. The predicted molar refractivity (Wildman–Crippen MR) is 84.3 cm³/mol. The van der Waals surface area contributed by atoms with Crippen LogP contribution < -0.4 is 0 Å². The highest BCUT2D eigenvalue weighted by atomic mass is 16.4. The number of amides is 1. The SMILES string of the molecule is Cc1nc2c(cnn2C(C)C)cc1C(=O)N1CCC[C@H]1C(=O)O. The zero-order chi connectivity index (χ0) is 16.7. The molecule has 2 aromatic heterocycles. The first-order valence-corrected chi connectivity index (χ1v) is 7.78. The largest absolute Gasteiger partial charge is 0.480 e. The third kappa shape index (κ3) is 2.56. The minimum atomic E-state index is -0.949. The second-order valence-electron chi connectivity index (χ2n) is 6.21. The van der Waals surface area contributed by atoms with E-state index in [-0.39, 0.29) is 11.9 Å². The summed E-state index contributed by atoms with van der Waals surface area (Å²) in [5.41, 5.74) is 1.79. The fourth-order valence-corrected chi connectivity index (χ4v) is 3.08. The second-order valence-corrected chi connectivity index (χ2v) is 6.21. The Bertz CT molecular complexity index is 781. The van der Waals surface area contributed by atoms with Gasteiger partial charge in [-0.25, -0.2) is 14.5 Å². The van der Waals surface area contributed by atoms with Gasteiger partial charge >= 0.3 is 5.97 Å². The number of aryl methyl sites for hydroxylation is 1. The van der Waals surface area contributed by atoms with E-state index in [1.165, 1.54) is 4.90 Å². The smallest absolute Gasteiger partial charge is 0.326 e. The molecule has 0 saturated carbocycles. The van der Waals surface area contributed by atoms with E-state index in [0.29, 0.717) is 30.6 Å². The highest BCUT2D eigenvalue weighted by Gasteiger charge is 2.35. The number of aromatic nitrogens is 3. The van der Waals surface area contributed by atoms with Crippen molar-refractivity contribution in [2.75, 3.05) is 6.54 Å². The minimum absolute atomic E-state index is 0.177. The number of carbonyl (C=O) groups is 2. The van der Waals surface area contributed by atoms with E-state index in [9.17, 15) is 14.7 Å². The fraction of sp³-hybridized carbons (Fsp3) is 0.500. The van der Waals surface area contributed by atoms with Crippen LogP contribution in [0.5, 0.6) is 0 Å². The molecule has 1 aliphatic heterocycles. The quantitative estimate of drug-likeness (QED) is 0.935. The molecular weight excluding hydrogens is 296 g/mol. The van der Waals surface area contributed by atoms with Crippen LogP contribution >= 0.6 is 0 Å². The third-order valence-electron chi connectivity index (χ3n) is 4.28. The number of carbonyl (C=O) groups excluding carboxylic acids is 1. The monoisotopic (exact) mass is 316 g/mol. The molecule has 0 spiro atoms. The number of fused-ring (bicyclic) bond motifs is 1. The van der Waals surface area contributed by atoms with E-state index in [1.54, 1.807) is 19.2 Å². The van der Waals surface area contributed by atoms with Crippen LogP contribution in [0.1, 0.15) is 48.8 Å². The fourth-order valence-electron chi connectivity index (χ4n) is 3.08. The lowest BCUT2D eigenvalue weighted by Crippen LogP contribution is -2.40. The summed E-state index contributed by atoms with van der Waals surface area (Å²) >= 11 is 0. The van der Waals surface area contributed by atoms with Crippen molar-refractivity contribution in [2.45, 2.75) is 45.7 Å². The van der Waals surface area contributed by atoms with Gasteiger partial charge < -0.3 is 10.0 Å². The molecule has 3 heterocycles. The second kappa shape index (κ2) is 5.64. The zero-order valence-electron chi connectivity index (χ0n) is 13.5. The number of carboxylic acid groups (broad SMARTS) is 1. The number of nitrogens with zero attached hydrogens (tertiary/aromatic N) is 4. The van der Waals surface area contributed by atoms with Gasteiger partial charge in [-0.15, -0.1) is 0 Å². The number of carboxylic acids is 1. The van der Waals surface area contributed by atoms with Crippen LogP contribution in [0.25, 0.3) is 11.0 Å². The van der Waals surface area contributed by atoms with Gasteiger partial charge in [0.2, 0.25) is 0 Å². The van der Waals surface area contributed by atoms with Crippen molar-refractivity contribution in [3.63, 3.8) is 0 Å². The summed E-state index contributed by atoms with van der Waals surface area (Å²) in [6.07, 6.45) is 2.90. The molecule has 0 aliphatic carbocycles. The molecule has 0 aromatic carbocycles. The molecule has 1 amide bonds. The molecule has 1 saturated heterocycles. The summed E-state index contributed by atoms with van der Waals surface area (Å²) < 4.78 is 1.81. The molecule has 7 nitrogen and oxygen atoms in total. The minimum Gasteiger partial charge on any atom is -0.480 e. The highest BCUT2D eigenvalue weighted by molar-refractivity contribution is 6.00. The number of hydrogen-bond acceptors (Lipinski definition) is 4. The topological polar surface area (TPSA) is 88.3 Å². The molecule has 1 fully saturated rings. The van der Waals surface area contributed by atoms with Gasteiger partial charge in [-0.1, -0.05) is 0 Å². The number of likely N-dealkylation sites (tertiary alicyclic amines) is 1. The summed E-state index contributed by atoms with van der Waals surface area (Å²) in [5.74, 6) is -1.21. The van der Waals surface area contributed by atoms with Gasteiger partial charge in [-0.2, -0.15) is 5.10 Å². The van der Waals surface area contributed by atoms with Crippen molar-refractivity contribution in [2.24, 2.45) is 0 Å². The van der Waals surface area contributed by atoms with Crippen molar-refractivity contribution >= 4 is 22.9 Å². The molecular formula is C16H20N4O3. The van der Waals surface area contributed by atoms with Gasteiger partial charge in [-0.05, 0) is 39.7 Å². The maximum Gasteiger partial charge on any atom is 0.326 e. The first-order valence-electron chi connectivity index (χ1n) is 7.78. The maximum absolute atomic E-state index is 12.8. The van der Waals surface area contributed by atoms with Crippen molar-refractivity contribution in [3.05, 3.63) is 23.5 Å². The standard InChI is InChI=1S/C16H20N4O3/c1-9(2)20-14-11(8-17-20)7-12(10(3)18-14)15(21)19-6-4-5-13(19)16(22)23/h7-9,13H,4-6H2,1-3H3,(H,22,23)/t13-/m0/s1. The zero-order valence-corrected chi connectivity index (χ0v) is 13.5. The molecule has 7 heteroatoms. The first-order chi connectivity index (χ1) is 10.9. The predicted octanol–water partition coefficient (Wildman–Crippen LogP) is 2.01. The number of aliphatic carboxylic acids is 1. The van der Waals surface area contributed by atoms with Crippen LogP contribution in [0.15, 0.2) is 12.3 Å². The van der Waals surface area contributed by atoms with E-state index in [4.69, 9.17) is 0 Å². The molecule has 0 bridgehead atoms. The lowest BCUT2D eigenvalue weighted by Gasteiger charge is -2.22. The van der Waals surface area contributed by atoms with Gasteiger partial charge in [0.25, 0.3) is 5.91 Å². The Kier molecular flexibility index (Phi) is 3.79. The van der Waals surface area contributed by atoms with Crippen molar-refractivity contribution in [3.8, 4) is 0 Å². The van der Waals surface area contributed by atoms with Crippen LogP contribution in [-0.4, -0.2) is 49.2 Å². The molecule has 122 valence electrons. The van der Waals surface area contributed by atoms with Crippen LogP contribution in [0, 0.1) is 6.92 Å².